The second-order valence-electron chi connectivity index (χ2n) is 9.33. The normalized spacial score (nSPS) is 12.2. The Hall–Kier alpha value is -5.23. The van der Waals surface area contributed by atoms with E-state index in [1.807, 2.05) is 32.2 Å². The number of carboxylic acids is 1. The van der Waals surface area contributed by atoms with E-state index >= 15 is 0 Å². The number of carboxylic acid groups (broad SMARTS) is 1. The molecule has 5 rings (SSSR count). The Balaban J connectivity index is 0.000000541. The fourth-order valence-corrected chi connectivity index (χ4v) is 5.20. The van der Waals surface area contributed by atoms with Crippen molar-refractivity contribution in [3.05, 3.63) is 90.1 Å². The Bertz CT molecular complexity index is 1930. The van der Waals surface area contributed by atoms with E-state index in [1.165, 1.54) is 12.4 Å². The van der Waals surface area contributed by atoms with E-state index < -0.39 is 28.2 Å². The second kappa shape index (κ2) is 12.3. The number of nitrogens with one attached hydrogen (secondary N) is 2. The molecule has 1 atom stereocenters. The molecule has 0 spiro atoms. The molecule has 0 aliphatic rings. The van der Waals surface area contributed by atoms with Gasteiger partial charge >= 0.3 is 12.1 Å². The average molecular weight is 612 g/mol. The lowest BCUT2D eigenvalue weighted by molar-refractivity contribution is -0.192. The van der Waals surface area contributed by atoms with Crippen molar-refractivity contribution in [1.29, 1.82) is 5.26 Å². The monoisotopic (exact) mass is 611 g/mol. The minimum absolute atomic E-state index is 0.110. The van der Waals surface area contributed by atoms with E-state index in [9.17, 15) is 26.9 Å². The van der Waals surface area contributed by atoms with Crippen molar-refractivity contribution in [2.24, 2.45) is 0 Å². The molecule has 3 aromatic heterocycles. The summed E-state index contributed by atoms with van der Waals surface area (Å²) in [6.07, 6.45) is 1.80. The number of aliphatic carboxylic acids is 1. The third-order valence-corrected chi connectivity index (χ3v) is 7.77. The Morgan fingerprint density at radius 3 is 2.56 bits per heavy atom. The molecule has 0 aliphatic carbocycles. The van der Waals surface area contributed by atoms with Crippen LogP contribution < -0.4 is 4.72 Å². The van der Waals surface area contributed by atoms with Crippen LogP contribution in [0.4, 0.5) is 18.9 Å². The number of hydrogen-bond donors (Lipinski definition) is 3. The van der Waals surface area contributed by atoms with Crippen LogP contribution in [0, 0.1) is 25.2 Å². The quantitative estimate of drug-likeness (QED) is 0.221. The van der Waals surface area contributed by atoms with Crippen molar-refractivity contribution in [1.82, 2.24) is 24.7 Å². The van der Waals surface area contributed by atoms with Gasteiger partial charge in [0, 0.05) is 29.0 Å². The first-order chi connectivity index (χ1) is 20.3. The standard InChI is InChI=1S/C26H23N7O2S.C2HF3O2/c1-17-6-7-21(12-18(17)2)32-36(34,35)22-5-3-4-19(13-22)24(8-10-27)33-15-20(14-31-33)25-23-9-11-28-26(23)30-16-29-25;3-2(4,5)1(6)7/h3-7,9,11-16,24,32H,8H2,1-2H3,(H,28,29,30);(H,6,7). The molecule has 3 heterocycles. The minimum Gasteiger partial charge on any atom is -0.475 e. The number of halogens is 3. The fourth-order valence-electron chi connectivity index (χ4n) is 4.09. The Morgan fingerprint density at radius 2 is 1.88 bits per heavy atom. The van der Waals surface area contributed by atoms with Crippen molar-refractivity contribution >= 4 is 32.7 Å². The summed E-state index contributed by atoms with van der Waals surface area (Å²) in [6.45, 7) is 3.90. The number of anilines is 1. The number of benzene rings is 2. The highest BCUT2D eigenvalue weighted by Gasteiger charge is 2.38. The number of alkyl halides is 3. The number of fused-ring (bicyclic) bond motifs is 1. The SMILES string of the molecule is Cc1ccc(NS(=O)(=O)c2cccc(C(CC#N)n3cc(-c4ncnc5[nH]ccc45)cn3)c2)cc1C.O=C(O)C(F)(F)F. The van der Waals surface area contributed by atoms with E-state index in [-0.39, 0.29) is 11.3 Å². The number of carbonyl (C=O) groups is 1. The van der Waals surface area contributed by atoms with Crippen molar-refractivity contribution < 1.29 is 31.5 Å². The van der Waals surface area contributed by atoms with Crippen LogP contribution in [0.2, 0.25) is 0 Å². The minimum atomic E-state index is -5.08. The molecule has 0 bridgehead atoms. The number of aryl methyl sites for hydroxylation is 2. The third-order valence-electron chi connectivity index (χ3n) is 6.39. The highest BCUT2D eigenvalue weighted by molar-refractivity contribution is 7.92. The van der Waals surface area contributed by atoms with Gasteiger partial charge in [-0.2, -0.15) is 23.5 Å². The number of hydrogen-bond acceptors (Lipinski definition) is 7. The number of rotatable bonds is 7. The van der Waals surface area contributed by atoms with E-state index in [4.69, 9.17) is 9.90 Å². The number of H-pyrrole nitrogens is 1. The molecule has 0 saturated carbocycles. The van der Waals surface area contributed by atoms with Gasteiger partial charge in [0.1, 0.15) is 12.0 Å². The fraction of sp³-hybridized carbons (Fsp3) is 0.179. The molecular weight excluding hydrogens is 587 g/mol. The van der Waals surface area contributed by atoms with Crippen LogP contribution in [0.5, 0.6) is 0 Å². The second-order valence-corrected chi connectivity index (χ2v) is 11.0. The van der Waals surface area contributed by atoms with Crippen molar-refractivity contribution in [2.45, 2.75) is 37.4 Å². The summed E-state index contributed by atoms with van der Waals surface area (Å²) in [5.41, 5.74) is 5.43. The van der Waals surface area contributed by atoms with Gasteiger partial charge in [-0.1, -0.05) is 18.2 Å². The van der Waals surface area contributed by atoms with E-state index in [2.05, 4.69) is 30.8 Å². The lowest BCUT2D eigenvalue weighted by atomic mass is 10.0. The maximum atomic E-state index is 13.1. The van der Waals surface area contributed by atoms with Gasteiger partial charge in [-0.15, -0.1) is 0 Å². The molecule has 0 saturated heterocycles. The number of sulfonamides is 1. The molecule has 0 fully saturated rings. The Labute approximate surface area is 243 Å². The number of nitriles is 1. The molecule has 43 heavy (non-hydrogen) atoms. The van der Waals surface area contributed by atoms with Gasteiger partial charge in [-0.3, -0.25) is 9.40 Å². The molecular formula is C28H24F3N7O4S. The van der Waals surface area contributed by atoms with Crippen LogP contribution in [-0.2, 0) is 14.8 Å². The maximum absolute atomic E-state index is 13.1. The zero-order chi connectivity index (χ0) is 31.4. The molecule has 15 heteroatoms. The number of aromatic nitrogens is 5. The van der Waals surface area contributed by atoms with E-state index in [0.717, 1.165) is 33.4 Å². The molecule has 11 nitrogen and oxygen atoms in total. The van der Waals surface area contributed by atoms with Gasteiger partial charge in [-0.25, -0.2) is 23.2 Å². The summed E-state index contributed by atoms with van der Waals surface area (Å²) >= 11 is 0. The lowest BCUT2D eigenvalue weighted by Crippen LogP contribution is -2.21. The van der Waals surface area contributed by atoms with Crippen molar-refractivity contribution in [2.75, 3.05) is 4.72 Å². The predicted molar refractivity (Wildman–Crippen MR) is 150 cm³/mol. The van der Waals surface area contributed by atoms with Gasteiger partial charge in [0.05, 0.1) is 35.3 Å². The molecule has 0 radical (unpaired) electrons. The topological polar surface area (TPSA) is 167 Å². The van der Waals surface area contributed by atoms with E-state index in [0.29, 0.717) is 11.3 Å². The van der Waals surface area contributed by atoms with Crippen LogP contribution in [-0.4, -0.2) is 50.4 Å². The Morgan fingerprint density at radius 1 is 1.14 bits per heavy atom. The van der Waals surface area contributed by atoms with Gasteiger partial charge < -0.3 is 10.1 Å². The molecule has 2 aromatic carbocycles. The summed E-state index contributed by atoms with van der Waals surface area (Å²) in [5, 5.41) is 22.0. The molecule has 0 aliphatic heterocycles. The summed E-state index contributed by atoms with van der Waals surface area (Å²) < 4.78 is 62.3. The maximum Gasteiger partial charge on any atom is 0.490 e. The van der Waals surface area contributed by atoms with Crippen molar-refractivity contribution in [3.63, 3.8) is 0 Å². The zero-order valence-corrected chi connectivity index (χ0v) is 23.5. The first-order valence-corrected chi connectivity index (χ1v) is 14.0. The van der Waals surface area contributed by atoms with Crippen LogP contribution >= 0.6 is 0 Å². The third kappa shape index (κ3) is 7.16. The number of nitrogens with zero attached hydrogens (tertiary/aromatic N) is 5. The van der Waals surface area contributed by atoms with Gasteiger partial charge in [0.25, 0.3) is 10.0 Å². The molecule has 5 aromatic rings. The Kier molecular flexibility index (Phi) is 8.81. The largest absolute Gasteiger partial charge is 0.490 e. The highest BCUT2D eigenvalue weighted by atomic mass is 32.2. The predicted octanol–water partition coefficient (Wildman–Crippen LogP) is 5.38. The van der Waals surface area contributed by atoms with Crippen LogP contribution in [0.15, 0.2) is 78.3 Å². The van der Waals surface area contributed by atoms with Crippen molar-refractivity contribution in [3.8, 4) is 17.3 Å². The summed E-state index contributed by atoms with van der Waals surface area (Å²) in [4.78, 5) is 20.7. The molecule has 0 amide bonds. The molecule has 222 valence electrons. The van der Waals surface area contributed by atoms with Crippen LogP contribution in [0.3, 0.4) is 0 Å². The zero-order valence-electron chi connectivity index (χ0n) is 22.7. The molecule has 3 N–H and O–H groups in total. The van der Waals surface area contributed by atoms with Crippen LogP contribution in [0.25, 0.3) is 22.3 Å². The lowest BCUT2D eigenvalue weighted by Gasteiger charge is -2.16. The summed E-state index contributed by atoms with van der Waals surface area (Å²) in [5.74, 6) is -2.76. The number of aromatic amines is 1. The smallest absolute Gasteiger partial charge is 0.475 e. The first kappa shape index (κ1) is 30.7. The highest BCUT2D eigenvalue weighted by Crippen LogP contribution is 2.29. The summed E-state index contributed by atoms with van der Waals surface area (Å²) in [7, 11) is -3.83. The van der Waals surface area contributed by atoms with Gasteiger partial charge in [0.15, 0.2) is 0 Å². The average Bonchev–Trinajstić information content (AvgIpc) is 3.64. The molecule has 1 unspecified atom stereocenters. The van der Waals surface area contributed by atoms with Gasteiger partial charge in [-0.05, 0) is 60.9 Å². The van der Waals surface area contributed by atoms with Crippen LogP contribution in [0.1, 0.15) is 29.2 Å². The van der Waals surface area contributed by atoms with Gasteiger partial charge in [0.2, 0.25) is 0 Å². The van der Waals surface area contributed by atoms with E-state index in [1.54, 1.807) is 47.4 Å². The first-order valence-electron chi connectivity index (χ1n) is 12.5. The summed E-state index contributed by atoms with van der Waals surface area (Å²) in [6, 6.07) is 15.6.